The fourth-order valence-electron chi connectivity index (χ4n) is 3.49. The van der Waals surface area contributed by atoms with Gasteiger partial charge in [-0.3, -0.25) is 4.79 Å². The number of rotatable bonds is 6. The molecule has 1 amide bonds. The Morgan fingerprint density at radius 1 is 1.19 bits per heavy atom. The minimum Gasteiger partial charge on any atom is -0.383 e. The Morgan fingerprint density at radius 2 is 1.90 bits per heavy atom. The topological polar surface area (TPSA) is 71.5 Å². The number of aliphatic hydroxyl groups is 1. The number of methoxy groups -OCH3 is 1. The summed E-state index contributed by atoms with van der Waals surface area (Å²) in [5.74, 6) is -0.242. The number of nitrogens with one attached hydrogen (secondary N) is 1. The number of aliphatic hydroxyl groups excluding tert-OH is 1. The molecule has 0 spiro atoms. The van der Waals surface area contributed by atoms with Crippen LogP contribution in [0.2, 0.25) is 0 Å². The lowest BCUT2D eigenvalue weighted by atomic mass is 10.0. The van der Waals surface area contributed by atoms with Gasteiger partial charge in [-0.1, -0.05) is 46.3 Å². The SMILES string of the molecule is COCc1cc(C)nc2sc([C@H](O)c3ccc(Br)cc3)c(NC(=O)c3ccccc3)c12. The number of hydrogen-bond acceptors (Lipinski definition) is 5. The van der Waals surface area contributed by atoms with Crippen LogP contribution in [0.15, 0.2) is 65.1 Å². The van der Waals surface area contributed by atoms with Crippen molar-refractivity contribution in [2.45, 2.75) is 19.6 Å². The van der Waals surface area contributed by atoms with Gasteiger partial charge in [0.25, 0.3) is 5.91 Å². The number of hydrogen-bond donors (Lipinski definition) is 2. The second-order valence-corrected chi connectivity index (χ2v) is 9.10. The number of aryl methyl sites for hydroxylation is 1. The minimum absolute atomic E-state index is 0.242. The quantitative estimate of drug-likeness (QED) is 0.351. The molecule has 0 saturated heterocycles. The Bertz CT molecular complexity index is 1220. The van der Waals surface area contributed by atoms with E-state index in [0.717, 1.165) is 31.5 Å². The lowest BCUT2D eigenvalue weighted by Crippen LogP contribution is -2.14. The number of thiophene rings is 1. The minimum atomic E-state index is -0.908. The molecule has 0 fully saturated rings. The number of benzene rings is 2. The summed E-state index contributed by atoms with van der Waals surface area (Å²) in [4.78, 5) is 19.1. The van der Waals surface area contributed by atoms with Crippen molar-refractivity contribution in [2.24, 2.45) is 0 Å². The monoisotopic (exact) mass is 496 g/mol. The molecule has 0 radical (unpaired) electrons. The third-order valence-corrected chi connectivity index (χ3v) is 6.57. The Labute approximate surface area is 192 Å². The van der Waals surface area contributed by atoms with Gasteiger partial charge in [-0.15, -0.1) is 11.3 Å². The molecule has 2 heterocycles. The summed E-state index contributed by atoms with van der Waals surface area (Å²) in [6.07, 6.45) is -0.908. The molecule has 0 aliphatic carbocycles. The number of anilines is 1. The van der Waals surface area contributed by atoms with E-state index in [2.05, 4.69) is 26.2 Å². The van der Waals surface area contributed by atoms with Crippen LogP contribution < -0.4 is 5.32 Å². The number of aromatic nitrogens is 1. The fourth-order valence-corrected chi connectivity index (χ4v) is 4.99. The molecule has 0 unspecified atom stereocenters. The molecule has 0 aliphatic heterocycles. The molecular formula is C24H21BrN2O3S. The van der Waals surface area contributed by atoms with Crippen LogP contribution >= 0.6 is 27.3 Å². The molecule has 5 nitrogen and oxygen atoms in total. The zero-order valence-electron chi connectivity index (χ0n) is 17.1. The second kappa shape index (κ2) is 9.28. The normalized spacial score (nSPS) is 12.1. The lowest BCUT2D eigenvalue weighted by molar-refractivity contribution is 0.102. The molecule has 1 atom stereocenters. The van der Waals surface area contributed by atoms with Crippen LogP contribution in [0.3, 0.4) is 0 Å². The van der Waals surface area contributed by atoms with Gasteiger partial charge in [0, 0.05) is 28.2 Å². The molecule has 2 aromatic heterocycles. The maximum Gasteiger partial charge on any atom is 0.255 e. The summed E-state index contributed by atoms with van der Waals surface area (Å²) in [6, 6.07) is 18.4. The largest absolute Gasteiger partial charge is 0.383 e. The van der Waals surface area contributed by atoms with Gasteiger partial charge in [0.05, 0.1) is 17.2 Å². The Kier molecular flexibility index (Phi) is 6.48. The second-order valence-electron chi connectivity index (χ2n) is 7.15. The first-order valence-electron chi connectivity index (χ1n) is 9.69. The first-order valence-corrected chi connectivity index (χ1v) is 11.3. The van der Waals surface area contributed by atoms with Crippen molar-refractivity contribution in [1.29, 1.82) is 0 Å². The number of pyridine rings is 1. The van der Waals surface area contributed by atoms with Gasteiger partial charge in [0.1, 0.15) is 10.9 Å². The van der Waals surface area contributed by atoms with Crippen molar-refractivity contribution in [1.82, 2.24) is 4.98 Å². The highest BCUT2D eigenvalue weighted by atomic mass is 79.9. The van der Waals surface area contributed by atoms with Crippen LogP contribution in [0.1, 0.15) is 38.2 Å². The van der Waals surface area contributed by atoms with Crippen LogP contribution in [0, 0.1) is 6.92 Å². The predicted octanol–water partition coefficient (Wildman–Crippen LogP) is 5.85. The van der Waals surface area contributed by atoms with Crippen molar-refractivity contribution in [3.8, 4) is 0 Å². The summed E-state index contributed by atoms with van der Waals surface area (Å²) in [7, 11) is 1.63. The van der Waals surface area contributed by atoms with E-state index in [9.17, 15) is 9.90 Å². The maximum absolute atomic E-state index is 13.0. The molecule has 4 rings (SSSR count). The van der Waals surface area contributed by atoms with E-state index in [1.165, 1.54) is 11.3 Å². The van der Waals surface area contributed by atoms with E-state index in [1.54, 1.807) is 19.2 Å². The van der Waals surface area contributed by atoms with Crippen molar-refractivity contribution in [2.75, 3.05) is 12.4 Å². The van der Waals surface area contributed by atoms with Gasteiger partial charge >= 0.3 is 0 Å². The molecule has 0 saturated carbocycles. The zero-order valence-corrected chi connectivity index (χ0v) is 19.5. The molecule has 2 aromatic carbocycles. The summed E-state index contributed by atoms with van der Waals surface area (Å²) >= 11 is 4.81. The van der Waals surface area contributed by atoms with Crippen molar-refractivity contribution in [3.63, 3.8) is 0 Å². The van der Waals surface area contributed by atoms with Crippen LogP contribution in [0.4, 0.5) is 5.69 Å². The average molecular weight is 497 g/mol. The highest BCUT2D eigenvalue weighted by Gasteiger charge is 2.25. The average Bonchev–Trinajstić information content (AvgIpc) is 3.12. The standard InChI is InChI=1S/C24H21BrN2O3S/c1-14-12-17(13-30-2)19-20(27-23(29)16-6-4-3-5-7-16)22(31-24(19)26-14)21(28)15-8-10-18(25)11-9-15/h3-12,21,28H,13H2,1-2H3,(H,27,29)/t21-/m1/s1. The lowest BCUT2D eigenvalue weighted by Gasteiger charge is -2.14. The van der Waals surface area contributed by atoms with Crippen LogP contribution in [-0.2, 0) is 11.3 Å². The van der Waals surface area contributed by atoms with Crippen molar-refractivity contribution < 1.29 is 14.6 Å². The van der Waals surface area contributed by atoms with E-state index < -0.39 is 6.10 Å². The molecular weight excluding hydrogens is 476 g/mol. The first-order chi connectivity index (χ1) is 15.0. The van der Waals surface area contributed by atoms with E-state index in [0.29, 0.717) is 22.7 Å². The van der Waals surface area contributed by atoms with Gasteiger partial charge in [-0.25, -0.2) is 4.98 Å². The molecule has 31 heavy (non-hydrogen) atoms. The van der Waals surface area contributed by atoms with E-state index in [1.807, 2.05) is 55.5 Å². The Morgan fingerprint density at radius 3 is 2.58 bits per heavy atom. The van der Waals surface area contributed by atoms with Crippen LogP contribution in [-0.4, -0.2) is 23.1 Å². The predicted molar refractivity (Wildman–Crippen MR) is 128 cm³/mol. The highest BCUT2D eigenvalue weighted by molar-refractivity contribution is 9.10. The number of amides is 1. The zero-order chi connectivity index (χ0) is 22.0. The summed E-state index contributed by atoms with van der Waals surface area (Å²) in [5.41, 5.74) is 3.61. The van der Waals surface area contributed by atoms with Gasteiger partial charge in [-0.2, -0.15) is 0 Å². The third kappa shape index (κ3) is 4.55. The molecule has 0 aliphatic rings. The van der Waals surface area contributed by atoms with E-state index in [-0.39, 0.29) is 5.91 Å². The highest BCUT2D eigenvalue weighted by Crippen LogP contribution is 2.43. The molecule has 158 valence electrons. The van der Waals surface area contributed by atoms with Crippen LogP contribution in [0.5, 0.6) is 0 Å². The molecule has 2 N–H and O–H groups in total. The number of nitrogens with zero attached hydrogens (tertiary/aromatic N) is 1. The van der Waals surface area contributed by atoms with Gasteiger partial charge in [-0.05, 0) is 48.4 Å². The smallest absolute Gasteiger partial charge is 0.255 e. The van der Waals surface area contributed by atoms with Gasteiger partial charge < -0.3 is 15.2 Å². The number of ether oxygens (including phenoxy) is 1. The third-order valence-electron chi connectivity index (χ3n) is 4.91. The maximum atomic E-state index is 13.0. The molecule has 0 bridgehead atoms. The van der Waals surface area contributed by atoms with Gasteiger partial charge in [0.2, 0.25) is 0 Å². The molecule has 4 aromatic rings. The summed E-state index contributed by atoms with van der Waals surface area (Å²) in [5, 5.41) is 15.1. The van der Waals surface area contributed by atoms with Gasteiger partial charge in [0.15, 0.2) is 0 Å². The summed E-state index contributed by atoms with van der Waals surface area (Å²) in [6.45, 7) is 2.30. The number of carbonyl (C=O) groups excluding carboxylic acids is 1. The molecule has 7 heteroatoms. The van der Waals surface area contributed by atoms with Crippen molar-refractivity contribution >= 4 is 49.1 Å². The van der Waals surface area contributed by atoms with E-state index >= 15 is 0 Å². The number of fused-ring (bicyclic) bond motifs is 1. The Balaban J connectivity index is 1.87. The summed E-state index contributed by atoms with van der Waals surface area (Å²) < 4.78 is 6.33. The Hall–Kier alpha value is -2.58. The number of carbonyl (C=O) groups is 1. The van der Waals surface area contributed by atoms with Crippen molar-refractivity contribution in [3.05, 3.63) is 92.4 Å². The first kappa shape index (κ1) is 21.6. The fraction of sp³-hybridized carbons (Fsp3) is 0.167. The van der Waals surface area contributed by atoms with Crippen LogP contribution in [0.25, 0.3) is 10.2 Å². The number of halogens is 1. The van der Waals surface area contributed by atoms with E-state index in [4.69, 9.17) is 4.74 Å².